The summed E-state index contributed by atoms with van der Waals surface area (Å²) >= 11 is 0. The minimum Gasteiger partial charge on any atom is -0.395 e. The summed E-state index contributed by atoms with van der Waals surface area (Å²) in [5, 5.41) is 9.28. The quantitative estimate of drug-likeness (QED) is 0.610. The normalized spacial score (nSPS) is 16.9. The number of likely N-dealkylation sites (N-methyl/N-ethyl adjacent to an activating group) is 1. The fraction of sp³-hybridized carbons (Fsp3) is 0.476. The standard InChI is InChI=1S/C21H29N7O2/c1-25(11-12-29)20-23-18-17(19(30)26(20)2)28(13-15-7-4-3-5-8-15)21(24-18)27-10-6-9-16(22)14-27/h3-5,7-8,16,29H,6,9-14,22H2,1-2H3. The van der Waals surface area contributed by atoms with Crippen LogP contribution < -0.4 is 21.1 Å². The van der Waals surface area contributed by atoms with Crippen LogP contribution in [0.15, 0.2) is 35.1 Å². The van der Waals surface area contributed by atoms with Gasteiger partial charge in [0.25, 0.3) is 5.56 Å². The molecule has 9 nitrogen and oxygen atoms in total. The average Bonchev–Trinajstić information content (AvgIpc) is 3.10. The van der Waals surface area contributed by atoms with Crippen LogP contribution in [0.4, 0.5) is 11.9 Å². The monoisotopic (exact) mass is 411 g/mol. The van der Waals surface area contributed by atoms with Gasteiger partial charge in [-0.3, -0.25) is 13.9 Å². The third kappa shape index (κ3) is 3.78. The molecule has 0 amide bonds. The second kappa shape index (κ2) is 8.45. The Hall–Kier alpha value is -2.91. The summed E-state index contributed by atoms with van der Waals surface area (Å²) in [4.78, 5) is 26.7. The molecule has 1 aliphatic heterocycles. The maximum atomic E-state index is 13.4. The largest absolute Gasteiger partial charge is 0.395 e. The Labute approximate surface area is 175 Å². The summed E-state index contributed by atoms with van der Waals surface area (Å²) < 4.78 is 3.49. The smallest absolute Gasteiger partial charge is 0.281 e. The van der Waals surface area contributed by atoms with Crippen LogP contribution in [0.25, 0.3) is 11.2 Å². The highest BCUT2D eigenvalue weighted by Gasteiger charge is 2.26. The van der Waals surface area contributed by atoms with E-state index in [1.54, 1.807) is 19.0 Å². The first-order valence-corrected chi connectivity index (χ1v) is 10.3. The summed E-state index contributed by atoms with van der Waals surface area (Å²) in [7, 11) is 3.50. The van der Waals surface area contributed by atoms with Crippen LogP contribution in [0.3, 0.4) is 0 Å². The van der Waals surface area contributed by atoms with Crippen molar-refractivity contribution in [1.29, 1.82) is 0 Å². The number of aliphatic hydroxyl groups excluding tert-OH is 1. The SMILES string of the molecule is CN(CCO)c1nc2nc(N3CCCC(N)C3)n(Cc3ccccc3)c2c(=O)n1C. The van der Waals surface area contributed by atoms with E-state index < -0.39 is 0 Å². The van der Waals surface area contributed by atoms with Crippen molar-refractivity contribution in [2.75, 3.05) is 43.1 Å². The van der Waals surface area contributed by atoms with Gasteiger partial charge in [-0.2, -0.15) is 9.97 Å². The molecule has 2 aromatic heterocycles. The van der Waals surface area contributed by atoms with Crippen molar-refractivity contribution in [3.8, 4) is 0 Å². The maximum absolute atomic E-state index is 13.4. The van der Waals surface area contributed by atoms with Crippen molar-refractivity contribution in [2.45, 2.75) is 25.4 Å². The Bertz CT molecular complexity index is 1080. The lowest BCUT2D eigenvalue weighted by molar-refractivity contribution is 0.303. The molecule has 3 aromatic rings. The van der Waals surface area contributed by atoms with Crippen molar-refractivity contribution in [2.24, 2.45) is 12.8 Å². The summed E-state index contributed by atoms with van der Waals surface area (Å²) in [6, 6.07) is 10.1. The molecule has 3 N–H and O–H groups in total. The lowest BCUT2D eigenvalue weighted by Crippen LogP contribution is -2.44. The molecular weight excluding hydrogens is 382 g/mol. The number of imidazole rings is 1. The van der Waals surface area contributed by atoms with Crippen LogP contribution in [0, 0.1) is 0 Å². The summed E-state index contributed by atoms with van der Waals surface area (Å²) in [6.07, 6.45) is 1.98. The number of aliphatic hydroxyl groups is 1. The number of rotatable bonds is 6. The molecule has 1 atom stereocenters. The highest BCUT2D eigenvalue weighted by atomic mass is 16.3. The van der Waals surface area contributed by atoms with Crippen LogP contribution >= 0.6 is 0 Å². The van der Waals surface area contributed by atoms with Crippen LogP contribution in [-0.4, -0.2) is 63.5 Å². The molecule has 0 spiro atoms. The van der Waals surface area contributed by atoms with Gasteiger partial charge in [0, 0.05) is 39.8 Å². The van der Waals surface area contributed by atoms with Gasteiger partial charge in [-0.15, -0.1) is 0 Å². The first-order valence-electron chi connectivity index (χ1n) is 10.3. The van der Waals surface area contributed by atoms with Gasteiger partial charge in [0.05, 0.1) is 13.2 Å². The van der Waals surface area contributed by atoms with Gasteiger partial charge in [0.15, 0.2) is 11.2 Å². The van der Waals surface area contributed by atoms with Gasteiger partial charge < -0.3 is 20.6 Å². The van der Waals surface area contributed by atoms with Gasteiger partial charge >= 0.3 is 0 Å². The van der Waals surface area contributed by atoms with E-state index in [1.807, 2.05) is 34.9 Å². The second-order valence-corrected chi connectivity index (χ2v) is 7.93. The highest BCUT2D eigenvalue weighted by molar-refractivity contribution is 5.76. The van der Waals surface area contributed by atoms with Crippen molar-refractivity contribution in [3.05, 3.63) is 46.2 Å². The third-order valence-electron chi connectivity index (χ3n) is 5.64. The Balaban J connectivity index is 1.89. The fourth-order valence-electron chi connectivity index (χ4n) is 4.08. The number of benzene rings is 1. The summed E-state index contributed by atoms with van der Waals surface area (Å²) in [5.41, 5.74) is 8.05. The molecular formula is C21H29N7O2. The van der Waals surface area contributed by atoms with E-state index in [-0.39, 0.29) is 18.2 Å². The first kappa shape index (κ1) is 20.4. The predicted octanol–water partition coefficient (Wildman–Crippen LogP) is 0.534. The minimum absolute atomic E-state index is 0.0240. The molecule has 1 saturated heterocycles. The van der Waals surface area contributed by atoms with E-state index in [2.05, 4.69) is 9.88 Å². The highest BCUT2D eigenvalue weighted by Crippen LogP contribution is 2.25. The summed E-state index contributed by atoms with van der Waals surface area (Å²) in [5.74, 6) is 1.21. The number of anilines is 2. The summed E-state index contributed by atoms with van der Waals surface area (Å²) in [6.45, 7) is 2.44. The van der Waals surface area contributed by atoms with Gasteiger partial charge in [0.2, 0.25) is 11.9 Å². The number of nitrogens with zero attached hydrogens (tertiary/aromatic N) is 6. The zero-order chi connectivity index (χ0) is 21.3. The molecule has 30 heavy (non-hydrogen) atoms. The van der Waals surface area contributed by atoms with Gasteiger partial charge in [-0.25, -0.2) is 0 Å². The molecule has 1 aliphatic rings. The number of fused-ring (bicyclic) bond motifs is 1. The zero-order valence-corrected chi connectivity index (χ0v) is 17.5. The van der Waals surface area contributed by atoms with Gasteiger partial charge in [0.1, 0.15) is 0 Å². The van der Waals surface area contributed by atoms with Crippen LogP contribution in [0.5, 0.6) is 0 Å². The Kier molecular flexibility index (Phi) is 5.74. The van der Waals surface area contributed by atoms with E-state index >= 15 is 0 Å². The number of nitrogens with two attached hydrogens (primary N) is 1. The van der Waals surface area contributed by atoms with E-state index in [4.69, 9.17) is 10.7 Å². The van der Waals surface area contributed by atoms with E-state index in [1.165, 1.54) is 4.57 Å². The number of hydrogen-bond donors (Lipinski definition) is 2. The molecule has 0 saturated carbocycles. The van der Waals surface area contributed by atoms with Crippen molar-refractivity contribution >= 4 is 23.1 Å². The average molecular weight is 412 g/mol. The Morgan fingerprint density at radius 3 is 2.73 bits per heavy atom. The molecule has 3 heterocycles. The van der Waals surface area contributed by atoms with Crippen LogP contribution in [0.1, 0.15) is 18.4 Å². The predicted molar refractivity (Wildman–Crippen MR) is 118 cm³/mol. The molecule has 4 rings (SSSR count). The van der Waals surface area contributed by atoms with E-state index in [0.29, 0.717) is 36.7 Å². The third-order valence-corrected chi connectivity index (χ3v) is 5.64. The molecule has 0 bridgehead atoms. The number of piperidine rings is 1. The maximum Gasteiger partial charge on any atom is 0.281 e. The molecule has 160 valence electrons. The van der Waals surface area contributed by atoms with E-state index in [0.717, 1.165) is 30.9 Å². The van der Waals surface area contributed by atoms with Crippen molar-refractivity contribution < 1.29 is 5.11 Å². The molecule has 1 fully saturated rings. The molecule has 1 unspecified atom stereocenters. The molecule has 0 radical (unpaired) electrons. The molecule has 9 heteroatoms. The lowest BCUT2D eigenvalue weighted by atomic mass is 10.1. The lowest BCUT2D eigenvalue weighted by Gasteiger charge is -2.31. The second-order valence-electron chi connectivity index (χ2n) is 7.93. The molecule has 1 aromatic carbocycles. The first-order chi connectivity index (χ1) is 14.5. The Morgan fingerprint density at radius 1 is 1.27 bits per heavy atom. The molecule has 0 aliphatic carbocycles. The van der Waals surface area contributed by atoms with Crippen LogP contribution in [0.2, 0.25) is 0 Å². The topological polar surface area (TPSA) is 105 Å². The van der Waals surface area contributed by atoms with Crippen molar-refractivity contribution in [3.63, 3.8) is 0 Å². The number of hydrogen-bond acceptors (Lipinski definition) is 7. The number of aromatic nitrogens is 4. The fourth-order valence-corrected chi connectivity index (χ4v) is 4.08. The van der Waals surface area contributed by atoms with Gasteiger partial charge in [-0.05, 0) is 18.4 Å². The Morgan fingerprint density at radius 2 is 2.03 bits per heavy atom. The van der Waals surface area contributed by atoms with Crippen LogP contribution in [-0.2, 0) is 13.6 Å². The van der Waals surface area contributed by atoms with Crippen molar-refractivity contribution in [1.82, 2.24) is 19.1 Å². The van der Waals surface area contributed by atoms with E-state index in [9.17, 15) is 9.90 Å². The van der Waals surface area contributed by atoms with Gasteiger partial charge in [-0.1, -0.05) is 30.3 Å². The minimum atomic E-state index is -0.157. The zero-order valence-electron chi connectivity index (χ0n) is 17.5.